The molecular weight excluding hydrogens is 226 g/mol. The Morgan fingerprint density at radius 3 is 2.71 bits per heavy atom. The fraction of sp³-hybridized carbons (Fsp3) is 0.273. The van der Waals surface area contributed by atoms with Crippen LogP contribution in [0.2, 0.25) is 0 Å². The van der Waals surface area contributed by atoms with Crippen molar-refractivity contribution in [1.29, 1.82) is 0 Å². The minimum atomic E-state index is -1.16. The molecule has 0 fully saturated rings. The van der Waals surface area contributed by atoms with Crippen molar-refractivity contribution < 1.29 is 24.2 Å². The number of hydrogen-bond acceptors (Lipinski definition) is 4. The molecule has 0 saturated heterocycles. The van der Waals surface area contributed by atoms with Gasteiger partial charge < -0.3 is 19.5 Å². The average Bonchev–Trinajstić information content (AvgIpc) is 2.77. The van der Waals surface area contributed by atoms with Gasteiger partial charge in [0.2, 0.25) is 0 Å². The Kier molecular flexibility index (Phi) is 4.47. The molecule has 1 amide bonds. The molecule has 1 aromatic heterocycles. The van der Waals surface area contributed by atoms with Crippen LogP contribution in [0.15, 0.2) is 29.4 Å². The molecule has 0 atom stereocenters. The van der Waals surface area contributed by atoms with Gasteiger partial charge in [-0.2, -0.15) is 0 Å². The van der Waals surface area contributed by atoms with E-state index < -0.39 is 11.9 Å². The molecule has 6 nitrogen and oxygen atoms in total. The van der Waals surface area contributed by atoms with Gasteiger partial charge in [-0.15, -0.1) is 6.58 Å². The molecule has 0 spiro atoms. The van der Waals surface area contributed by atoms with Gasteiger partial charge in [0, 0.05) is 19.2 Å². The third-order valence-corrected chi connectivity index (χ3v) is 2.06. The van der Waals surface area contributed by atoms with Gasteiger partial charge in [-0.25, -0.2) is 4.79 Å². The van der Waals surface area contributed by atoms with E-state index in [1.807, 2.05) is 0 Å². The van der Waals surface area contributed by atoms with Gasteiger partial charge >= 0.3 is 5.97 Å². The van der Waals surface area contributed by atoms with Crippen LogP contribution in [-0.2, 0) is 0 Å². The first-order valence-electron chi connectivity index (χ1n) is 4.93. The lowest BCUT2D eigenvalue weighted by molar-refractivity contribution is 0.0693. The predicted molar refractivity (Wildman–Crippen MR) is 58.9 cm³/mol. The average molecular weight is 239 g/mol. The second-order valence-electron chi connectivity index (χ2n) is 3.27. The maximum atomic E-state index is 11.8. The number of aliphatic hydroxyl groups is 1. The number of carbonyl (C=O) groups is 2. The van der Waals surface area contributed by atoms with E-state index in [4.69, 9.17) is 14.6 Å². The van der Waals surface area contributed by atoms with Crippen LogP contribution in [-0.4, -0.2) is 46.7 Å². The van der Waals surface area contributed by atoms with Crippen molar-refractivity contribution in [3.05, 3.63) is 36.3 Å². The maximum Gasteiger partial charge on any atom is 0.338 e. The van der Waals surface area contributed by atoms with E-state index in [1.165, 1.54) is 11.0 Å². The van der Waals surface area contributed by atoms with Crippen LogP contribution < -0.4 is 0 Å². The molecule has 92 valence electrons. The molecule has 1 aromatic rings. The van der Waals surface area contributed by atoms with Gasteiger partial charge in [-0.3, -0.25) is 4.79 Å². The molecule has 0 aliphatic rings. The van der Waals surface area contributed by atoms with Crippen molar-refractivity contribution in [3.63, 3.8) is 0 Å². The fourth-order valence-corrected chi connectivity index (χ4v) is 1.27. The van der Waals surface area contributed by atoms with Crippen LogP contribution in [0, 0.1) is 0 Å². The summed E-state index contributed by atoms with van der Waals surface area (Å²) in [5.41, 5.74) is -0.0871. The molecule has 0 aliphatic heterocycles. The number of nitrogens with zero attached hydrogens (tertiary/aromatic N) is 1. The van der Waals surface area contributed by atoms with Crippen molar-refractivity contribution >= 4 is 11.9 Å². The summed E-state index contributed by atoms with van der Waals surface area (Å²) in [6, 6.07) is 1.15. The molecule has 0 saturated carbocycles. The number of carboxylic acid groups (broad SMARTS) is 1. The third kappa shape index (κ3) is 3.18. The van der Waals surface area contributed by atoms with Crippen molar-refractivity contribution in [3.8, 4) is 0 Å². The van der Waals surface area contributed by atoms with Crippen molar-refractivity contribution in [1.82, 2.24) is 4.90 Å². The number of aromatic carboxylic acids is 1. The second kappa shape index (κ2) is 5.86. The van der Waals surface area contributed by atoms with Gasteiger partial charge in [0.05, 0.1) is 12.2 Å². The molecule has 1 rings (SSSR count). The first-order chi connectivity index (χ1) is 8.10. The van der Waals surface area contributed by atoms with Gasteiger partial charge in [0.15, 0.2) is 5.76 Å². The summed E-state index contributed by atoms with van der Waals surface area (Å²) in [5.74, 6) is -1.71. The number of aliphatic hydroxyl groups excluding tert-OH is 1. The van der Waals surface area contributed by atoms with Gasteiger partial charge in [0.1, 0.15) is 6.26 Å². The summed E-state index contributed by atoms with van der Waals surface area (Å²) in [6.45, 7) is 3.69. The fourth-order valence-electron chi connectivity index (χ4n) is 1.27. The Balaban J connectivity index is 2.84. The normalized spacial score (nSPS) is 9.94. The zero-order chi connectivity index (χ0) is 12.8. The summed E-state index contributed by atoms with van der Waals surface area (Å²) in [6.07, 6.45) is 2.51. The SMILES string of the molecule is C=CCN(CCO)C(=O)c1cc(C(=O)O)co1. The number of rotatable bonds is 6. The van der Waals surface area contributed by atoms with Crippen LogP contribution in [0.1, 0.15) is 20.9 Å². The van der Waals surface area contributed by atoms with E-state index >= 15 is 0 Å². The lowest BCUT2D eigenvalue weighted by Gasteiger charge is -2.18. The molecular formula is C11H13NO5. The van der Waals surface area contributed by atoms with Crippen LogP contribution in [0.4, 0.5) is 0 Å². The smallest absolute Gasteiger partial charge is 0.338 e. The highest BCUT2D eigenvalue weighted by atomic mass is 16.4. The lowest BCUT2D eigenvalue weighted by atomic mass is 10.3. The summed E-state index contributed by atoms with van der Waals surface area (Å²) in [5, 5.41) is 17.5. The van der Waals surface area contributed by atoms with E-state index in [-0.39, 0.29) is 31.0 Å². The van der Waals surface area contributed by atoms with Gasteiger partial charge in [-0.05, 0) is 0 Å². The molecule has 0 bridgehead atoms. The molecule has 0 radical (unpaired) electrons. The summed E-state index contributed by atoms with van der Waals surface area (Å²) in [7, 11) is 0. The Labute approximate surface area is 97.8 Å². The molecule has 0 aromatic carbocycles. The molecule has 17 heavy (non-hydrogen) atoms. The monoisotopic (exact) mass is 239 g/mol. The van der Waals surface area contributed by atoms with Crippen LogP contribution in [0.5, 0.6) is 0 Å². The van der Waals surface area contributed by atoms with E-state index in [0.29, 0.717) is 0 Å². The van der Waals surface area contributed by atoms with E-state index in [2.05, 4.69) is 6.58 Å². The second-order valence-corrected chi connectivity index (χ2v) is 3.27. The Hall–Kier alpha value is -2.08. The third-order valence-electron chi connectivity index (χ3n) is 2.06. The van der Waals surface area contributed by atoms with Crippen molar-refractivity contribution in [2.24, 2.45) is 0 Å². The highest BCUT2D eigenvalue weighted by Crippen LogP contribution is 2.10. The van der Waals surface area contributed by atoms with Crippen molar-refractivity contribution in [2.75, 3.05) is 19.7 Å². The first kappa shape index (κ1) is 13.0. The highest BCUT2D eigenvalue weighted by molar-refractivity contribution is 5.95. The molecule has 2 N–H and O–H groups in total. The maximum absolute atomic E-state index is 11.8. The number of furan rings is 1. The number of amides is 1. The predicted octanol–water partition coefficient (Wildman–Crippen LogP) is 0.598. The Morgan fingerprint density at radius 1 is 1.53 bits per heavy atom. The zero-order valence-corrected chi connectivity index (χ0v) is 9.13. The topological polar surface area (TPSA) is 91.0 Å². The number of hydrogen-bond donors (Lipinski definition) is 2. The zero-order valence-electron chi connectivity index (χ0n) is 9.13. The highest BCUT2D eigenvalue weighted by Gasteiger charge is 2.19. The first-order valence-corrected chi connectivity index (χ1v) is 4.93. The molecule has 6 heteroatoms. The van der Waals surface area contributed by atoms with Gasteiger partial charge in [-0.1, -0.05) is 6.08 Å². The molecule has 1 heterocycles. The van der Waals surface area contributed by atoms with Gasteiger partial charge in [0.25, 0.3) is 5.91 Å². The van der Waals surface area contributed by atoms with E-state index in [1.54, 1.807) is 0 Å². The molecule has 0 unspecified atom stereocenters. The number of carboxylic acids is 1. The summed E-state index contributed by atoms with van der Waals surface area (Å²) >= 11 is 0. The lowest BCUT2D eigenvalue weighted by Crippen LogP contribution is -2.33. The summed E-state index contributed by atoms with van der Waals surface area (Å²) < 4.78 is 4.87. The van der Waals surface area contributed by atoms with Crippen LogP contribution in [0.25, 0.3) is 0 Å². The quantitative estimate of drug-likeness (QED) is 0.709. The minimum Gasteiger partial charge on any atom is -0.478 e. The minimum absolute atomic E-state index is 0.0716. The van der Waals surface area contributed by atoms with E-state index in [9.17, 15) is 9.59 Å². The summed E-state index contributed by atoms with van der Waals surface area (Å²) in [4.78, 5) is 23.8. The van der Waals surface area contributed by atoms with Crippen molar-refractivity contribution in [2.45, 2.75) is 0 Å². The number of carbonyl (C=O) groups excluding carboxylic acids is 1. The van der Waals surface area contributed by atoms with Crippen LogP contribution in [0.3, 0.4) is 0 Å². The molecule has 0 aliphatic carbocycles. The largest absolute Gasteiger partial charge is 0.478 e. The van der Waals surface area contributed by atoms with E-state index in [0.717, 1.165) is 12.3 Å². The van der Waals surface area contributed by atoms with Crippen LogP contribution >= 0.6 is 0 Å². The Morgan fingerprint density at radius 2 is 2.24 bits per heavy atom. The standard InChI is InChI=1S/C11H13NO5/c1-2-3-12(4-5-13)10(14)9-6-8(7-17-9)11(15)16/h2,6-7,13H,1,3-5H2,(H,15,16). The Bertz CT molecular complexity index is 423.